The van der Waals surface area contributed by atoms with Crippen LogP contribution in [0.4, 0.5) is 0 Å². The highest BCUT2D eigenvalue weighted by atomic mass is 32.2. The van der Waals surface area contributed by atoms with E-state index >= 15 is 0 Å². The third-order valence-electron chi connectivity index (χ3n) is 3.35. The van der Waals surface area contributed by atoms with Crippen molar-refractivity contribution in [3.63, 3.8) is 0 Å². The molecule has 4 N–H and O–H groups in total. The summed E-state index contributed by atoms with van der Waals surface area (Å²) >= 11 is 0. The highest BCUT2D eigenvalue weighted by molar-refractivity contribution is 7.88. The average Bonchev–Trinajstić information content (AvgIpc) is 2.43. The fraction of sp³-hybridized carbons (Fsp3) is 0.562. The summed E-state index contributed by atoms with van der Waals surface area (Å²) in [4.78, 5) is 11.9. The molecule has 130 valence electrons. The number of benzene rings is 1. The summed E-state index contributed by atoms with van der Waals surface area (Å²) in [7, 11) is -3.41. The molecule has 1 atom stereocenters. The maximum Gasteiger partial charge on any atom is 0.237 e. The lowest BCUT2D eigenvalue weighted by molar-refractivity contribution is -0.123. The second-order valence-electron chi connectivity index (χ2n) is 6.29. The summed E-state index contributed by atoms with van der Waals surface area (Å²) < 4.78 is 26.7. The van der Waals surface area contributed by atoms with Gasteiger partial charge in [-0.1, -0.05) is 38.1 Å². The van der Waals surface area contributed by atoms with Gasteiger partial charge >= 0.3 is 0 Å². The van der Waals surface area contributed by atoms with E-state index in [1.165, 1.54) is 0 Å². The quantitative estimate of drug-likeness (QED) is 0.659. The molecule has 0 radical (unpaired) electrons. The van der Waals surface area contributed by atoms with Crippen LogP contribution in [0.3, 0.4) is 0 Å². The van der Waals surface area contributed by atoms with Crippen molar-refractivity contribution in [3.8, 4) is 0 Å². The summed E-state index contributed by atoms with van der Waals surface area (Å²) in [6.45, 7) is 7.56. The van der Waals surface area contributed by atoms with E-state index in [1.807, 2.05) is 19.9 Å². The molecule has 0 spiro atoms. The maximum absolute atomic E-state index is 12.1. The first-order chi connectivity index (χ1) is 10.6. The lowest BCUT2D eigenvalue weighted by Crippen LogP contribution is -2.43. The summed E-state index contributed by atoms with van der Waals surface area (Å²) in [6, 6.07) is 6.43. The fourth-order valence-electron chi connectivity index (χ4n) is 2.08. The van der Waals surface area contributed by atoms with Gasteiger partial charge in [-0.05, 0) is 30.9 Å². The lowest BCUT2D eigenvalue weighted by atomic mass is 10.0. The van der Waals surface area contributed by atoms with E-state index in [0.29, 0.717) is 5.56 Å². The Hall–Kier alpha value is -1.44. The van der Waals surface area contributed by atoms with Crippen molar-refractivity contribution >= 4 is 15.9 Å². The van der Waals surface area contributed by atoms with Crippen molar-refractivity contribution < 1.29 is 13.2 Å². The Balaban J connectivity index is 2.80. The van der Waals surface area contributed by atoms with Gasteiger partial charge in [0.1, 0.15) is 0 Å². The smallest absolute Gasteiger partial charge is 0.237 e. The van der Waals surface area contributed by atoms with Crippen molar-refractivity contribution in [2.45, 2.75) is 52.1 Å². The van der Waals surface area contributed by atoms with Crippen LogP contribution in [0.25, 0.3) is 0 Å². The van der Waals surface area contributed by atoms with Crippen molar-refractivity contribution in [3.05, 3.63) is 35.4 Å². The molecule has 1 amide bonds. The second-order valence-corrected chi connectivity index (χ2v) is 8.04. The number of hydrogen-bond acceptors (Lipinski definition) is 4. The molecule has 0 saturated carbocycles. The van der Waals surface area contributed by atoms with E-state index in [2.05, 4.69) is 10.0 Å². The van der Waals surface area contributed by atoms with Gasteiger partial charge in [0, 0.05) is 12.6 Å². The normalized spacial score (nSPS) is 13.3. The number of amides is 1. The minimum Gasteiger partial charge on any atom is -0.351 e. The van der Waals surface area contributed by atoms with Crippen LogP contribution in [0, 0.1) is 5.92 Å². The molecule has 0 unspecified atom stereocenters. The molecular weight excluding hydrogens is 314 g/mol. The lowest BCUT2D eigenvalue weighted by Gasteiger charge is -2.17. The van der Waals surface area contributed by atoms with Gasteiger partial charge < -0.3 is 11.1 Å². The third-order valence-corrected chi connectivity index (χ3v) is 4.87. The van der Waals surface area contributed by atoms with E-state index in [-0.39, 0.29) is 30.2 Å². The van der Waals surface area contributed by atoms with Crippen LogP contribution in [0.15, 0.2) is 24.3 Å². The van der Waals surface area contributed by atoms with Crippen LogP contribution < -0.4 is 15.8 Å². The molecule has 6 nitrogen and oxygen atoms in total. The Bertz CT molecular complexity index is 627. The largest absolute Gasteiger partial charge is 0.351 e. The Morgan fingerprint density at radius 1 is 1.13 bits per heavy atom. The Morgan fingerprint density at radius 2 is 1.70 bits per heavy atom. The van der Waals surface area contributed by atoms with Crippen LogP contribution in [-0.4, -0.2) is 26.4 Å². The molecule has 7 heteroatoms. The molecule has 1 rings (SSSR count). The SMILES string of the molecule is CC(C)NS(=O)(=O)Cc1ccccc1CNC(=O)[C@@H](N)C(C)C. The predicted molar refractivity (Wildman–Crippen MR) is 92.0 cm³/mol. The van der Waals surface area contributed by atoms with Crippen molar-refractivity contribution in [1.82, 2.24) is 10.0 Å². The molecule has 0 aliphatic rings. The van der Waals surface area contributed by atoms with E-state index in [1.54, 1.807) is 32.0 Å². The molecule has 0 fully saturated rings. The zero-order valence-corrected chi connectivity index (χ0v) is 15.0. The van der Waals surface area contributed by atoms with Crippen molar-refractivity contribution in [1.29, 1.82) is 0 Å². The molecular formula is C16H27N3O3S. The standard InChI is InChI=1S/C16H27N3O3S/c1-11(2)15(17)16(20)18-9-13-7-5-6-8-14(13)10-23(21,22)19-12(3)4/h5-8,11-12,15,19H,9-10,17H2,1-4H3,(H,18,20)/t15-/m0/s1. The molecule has 0 saturated heterocycles. The number of carbonyl (C=O) groups is 1. The predicted octanol–water partition coefficient (Wildman–Crippen LogP) is 1.11. The zero-order chi connectivity index (χ0) is 17.6. The van der Waals surface area contributed by atoms with Gasteiger partial charge in [-0.15, -0.1) is 0 Å². The van der Waals surface area contributed by atoms with E-state index in [4.69, 9.17) is 5.73 Å². The average molecular weight is 341 g/mol. The molecule has 1 aromatic rings. The van der Waals surface area contributed by atoms with Crippen LogP contribution in [0.5, 0.6) is 0 Å². The van der Waals surface area contributed by atoms with Gasteiger partial charge in [-0.2, -0.15) is 0 Å². The van der Waals surface area contributed by atoms with Crippen LogP contribution >= 0.6 is 0 Å². The van der Waals surface area contributed by atoms with Gasteiger partial charge in [0.05, 0.1) is 11.8 Å². The van der Waals surface area contributed by atoms with Gasteiger partial charge in [0.15, 0.2) is 0 Å². The maximum atomic E-state index is 12.1. The first-order valence-corrected chi connectivity index (χ1v) is 9.37. The molecule has 0 heterocycles. The minimum atomic E-state index is -3.41. The number of hydrogen-bond donors (Lipinski definition) is 3. The third kappa shape index (κ3) is 6.68. The number of rotatable bonds is 8. The first kappa shape index (κ1) is 19.6. The summed E-state index contributed by atoms with van der Waals surface area (Å²) in [6.07, 6.45) is 0. The Labute approximate surface area is 138 Å². The number of carbonyl (C=O) groups excluding carboxylic acids is 1. The van der Waals surface area contributed by atoms with Crippen molar-refractivity contribution in [2.75, 3.05) is 0 Å². The van der Waals surface area contributed by atoms with Crippen molar-refractivity contribution in [2.24, 2.45) is 11.7 Å². The van der Waals surface area contributed by atoms with E-state index in [0.717, 1.165) is 5.56 Å². The summed E-state index contributed by atoms with van der Waals surface area (Å²) in [5.41, 5.74) is 7.24. The topological polar surface area (TPSA) is 101 Å². The number of nitrogens with two attached hydrogens (primary N) is 1. The number of sulfonamides is 1. The minimum absolute atomic E-state index is 0.0425. The van der Waals surface area contributed by atoms with E-state index in [9.17, 15) is 13.2 Å². The Morgan fingerprint density at radius 3 is 2.22 bits per heavy atom. The molecule has 1 aromatic carbocycles. The van der Waals surface area contributed by atoms with Crippen LogP contribution in [-0.2, 0) is 27.1 Å². The van der Waals surface area contributed by atoms with Gasteiger partial charge in [0.25, 0.3) is 0 Å². The molecule has 0 aliphatic carbocycles. The fourth-order valence-corrected chi connectivity index (χ4v) is 3.57. The number of nitrogens with one attached hydrogen (secondary N) is 2. The second kappa shape index (κ2) is 8.42. The summed E-state index contributed by atoms with van der Waals surface area (Å²) in [5, 5.41) is 2.77. The van der Waals surface area contributed by atoms with Gasteiger partial charge in [-0.3, -0.25) is 4.79 Å². The van der Waals surface area contributed by atoms with Crippen LogP contribution in [0.2, 0.25) is 0 Å². The monoisotopic (exact) mass is 341 g/mol. The summed E-state index contributed by atoms with van der Waals surface area (Å²) in [5.74, 6) is -0.313. The van der Waals surface area contributed by atoms with E-state index < -0.39 is 16.1 Å². The molecule has 23 heavy (non-hydrogen) atoms. The highest BCUT2D eigenvalue weighted by Crippen LogP contribution is 2.12. The molecule has 0 aliphatic heterocycles. The molecule has 0 bridgehead atoms. The first-order valence-electron chi connectivity index (χ1n) is 7.72. The molecule has 0 aromatic heterocycles. The van der Waals surface area contributed by atoms with Crippen LogP contribution in [0.1, 0.15) is 38.8 Å². The van der Waals surface area contributed by atoms with Gasteiger partial charge in [0.2, 0.25) is 15.9 Å². The Kier molecular flexibility index (Phi) is 7.18. The highest BCUT2D eigenvalue weighted by Gasteiger charge is 2.18. The zero-order valence-electron chi connectivity index (χ0n) is 14.2. The van der Waals surface area contributed by atoms with Gasteiger partial charge in [-0.25, -0.2) is 13.1 Å².